The molecule has 0 radical (unpaired) electrons. The number of hydrogen-bond donors (Lipinski definition) is 1. The van der Waals surface area contributed by atoms with Gasteiger partial charge in [-0.2, -0.15) is 0 Å². The van der Waals surface area contributed by atoms with Gasteiger partial charge in [0.2, 0.25) is 11.8 Å². The molecule has 3 aromatic rings. The lowest BCUT2D eigenvalue weighted by atomic mass is 10.1. The van der Waals surface area contributed by atoms with Crippen molar-refractivity contribution in [2.45, 2.75) is 50.7 Å². The number of non-ortho nitro benzene ring substituents is 1. The molecular weight excluding hydrogens is 539 g/mol. The van der Waals surface area contributed by atoms with Gasteiger partial charge in [0.1, 0.15) is 18.4 Å². The number of halogens is 1. The minimum atomic E-state index is -4.30. The fraction of sp³-hybridized carbons (Fsp3) is 0.286. The molecule has 0 fully saturated rings. The Morgan fingerprint density at radius 2 is 1.57 bits per heavy atom. The number of anilines is 1. The molecule has 212 valence electrons. The Bertz CT molecular complexity index is 1430. The number of carbonyl (C=O) groups excluding carboxylic acids is 2. The first-order valence-corrected chi connectivity index (χ1v) is 14.0. The molecule has 0 aliphatic carbocycles. The van der Waals surface area contributed by atoms with Crippen molar-refractivity contribution < 1.29 is 27.3 Å². The number of sulfonamides is 1. The monoisotopic (exact) mass is 570 g/mol. The van der Waals surface area contributed by atoms with E-state index in [0.29, 0.717) is 5.56 Å². The van der Waals surface area contributed by atoms with Crippen LogP contribution >= 0.6 is 0 Å². The molecule has 0 aliphatic heterocycles. The number of hydrogen-bond acceptors (Lipinski definition) is 6. The molecule has 2 amide bonds. The van der Waals surface area contributed by atoms with E-state index in [-0.39, 0.29) is 35.3 Å². The number of rotatable bonds is 12. The molecular formula is C28H31FN4O6S. The van der Waals surface area contributed by atoms with E-state index in [1.54, 1.807) is 26.8 Å². The summed E-state index contributed by atoms with van der Waals surface area (Å²) in [5.74, 6) is -1.57. The zero-order valence-corrected chi connectivity index (χ0v) is 23.2. The number of nitro groups is 1. The predicted molar refractivity (Wildman–Crippen MR) is 148 cm³/mol. The second-order valence-corrected chi connectivity index (χ2v) is 11.2. The SMILES string of the molecule is CC[C@@H](C(=O)NC(C)C)N(Cc1ccc(F)cc1)C(=O)CN(c1ccc([N+](=O)[O-])cc1)S(=O)(=O)c1ccccc1. The van der Waals surface area contributed by atoms with E-state index in [4.69, 9.17) is 0 Å². The Labute approximate surface area is 232 Å². The molecule has 0 unspecified atom stereocenters. The van der Waals surface area contributed by atoms with Gasteiger partial charge in [0.05, 0.1) is 15.5 Å². The standard InChI is InChI=1S/C28H31FN4O6S/c1-4-26(28(35)30-20(2)3)31(18-21-10-12-22(29)13-11-21)27(34)19-32(23-14-16-24(17-15-23)33(36)37)40(38,39)25-8-6-5-7-9-25/h5-17,20,26H,4,18-19H2,1-3H3,(H,30,35)/t26-/m0/s1. The van der Waals surface area contributed by atoms with Crippen molar-refractivity contribution in [3.63, 3.8) is 0 Å². The first kappa shape index (κ1) is 30.2. The van der Waals surface area contributed by atoms with Crippen LogP contribution in [0.4, 0.5) is 15.8 Å². The minimum Gasteiger partial charge on any atom is -0.352 e. The Morgan fingerprint density at radius 1 is 0.975 bits per heavy atom. The van der Waals surface area contributed by atoms with Crippen molar-refractivity contribution in [2.24, 2.45) is 0 Å². The number of nitrogens with one attached hydrogen (secondary N) is 1. The summed E-state index contributed by atoms with van der Waals surface area (Å²) >= 11 is 0. The van der Waals surface area contributed by atoms with Gasteiger partial charge >= 0.3 is 0 Å². The summed E-state index contributed by atoms with van der Waals surface area (Å²) in [6, 6.07) is 16.5. The molecule has 0 aliphatic rings. The third kappa shape index (κ3) is 7.41. The normalized spacial score (nSPS) is 12.0. The third-order valence-corrected chi connectivity index (χ3v) is 7.83. The molecule has 0 aromatic heterocycles. The average Bonchev–Trinajstić information content (AvgIpc) is 2.92. The van der Waals surface area contributed by atoms with Crippen molar-refractivity contribution in [1.29, 1.82) is 0 Å². The van der Waals surface area contributed by atoms with E-state index in [1.165, 1.54) is 65.6 Å². The summed E-state index contributed by atoms with van der Waals surface area (Å²) in [6.45, 7) is 4.51. The van der Waals surface area contributed by atoms with E-state index < -0.39 is 45.2 Å². The van der Waals surface area contributed by atoms with Crippen LogP contribution in [0.2, 0.25) is 0 Å². The number of carbonyl (C=O) groups is 2. The van der Waals surface area contributed by atoms with Crippen molar-refractivity contribution in [3.8, 4) is 0 Å². The van der Waals surface area contributed by atoms with E-state index >= 15 is 0 Å². The number of nitrogens with zero attached hydrogens (tertiary/aromatic N) is 3. The van der Waals surface area contributed by atoms with Gasteiger partial charge in [-0.15, -0.1) is 0 Å². The van der Waals surface area contributed by atoms with Crippen molar-refractivity contribution >= 4 is 33.2 Å². The lowest BCUT2D eigenvalue weighted by Crippen LogP contribution is -2.53. The molecule has 1 N–H and O–H groups in total. The number of nitro benzene ring substituents is 1. The van der Waals surface area contributed by atoms with Gasteiger partial charge in [-0.1, -0.05) is 37.3 Å². The lowest BCUT2D eigenvalue weighted by molar-refractivity contribution is -0.384. The Morgan fingerprint density at radius 3 is 2.10 bits per heavy atom. The van der Waals surface area contributed by atoms with Crippen molar-refractivity contribution in [2.75, 3.05) is 10.8 Å². The van der Waals surface area contributed by atoms with Gasteiger partial charge in [0.25, 0.3) is 15.7 Å². The fourth-order valence-electron chi connectivity index (χ4n) is 4.08. The van der Waals surface area contributed by atoms with Crippen LogP contribution in [0.25, 0.3) is 0 Å². The lowest BCUT2D eigenvalue weighted by Gasteiger charge is -2.33. The predicted octanol–water partition coefficient (Wildman–Crippen LogP) is 4.26. The summed E-state index contributed by atoms with van der Waals surface area (Å²) in [5.41, 5.74) is 0.323. The third-order valence-electron chi connectivity index (χ3n) is 6.04. The van der Waals surface area contributed by atoms with Crippen LogP contribution in [-0.2, 0) is 26.2 Å². The van der Waals surface area contributed by atoms with E-state index in [9.17, 15) is 32.5 Å². The molecule has 12 heteroatoms. The molecule has 0 saturated heterocycles. The van der Waals surface area contributed by atoms with E-state index in [1.807, 2.05) is 0 Å². The molecule has 1 atom stereocenters. The van der Waals surface area contributed by atoms with Crippen LogP contribution in [0.3, 0.4) is 0 Å². The van der Waals surface area contributed by atoms with Gasteiger partial charge in [-0.25, -0.2) is 12.8 Å². The van der Waals surface area contributed by atoms with Crippen molar-refractivity contribution in [3.05, 3.63) is 100 Å². The van der Waals surface area contributed by atoms with Gasteiger partial charge < -0.3 is 10.2 Å². The first-order valence-electron chi connectivity index (χ1n) is 12.6. The highest BCUT2D eigenvalue weighted by atomic mass is 32.2. The van der Waals surface area contributed by atoms with Crippen molar-refractivity contribution in [1.82, 2.24) is 10.2 Å². The maximum atomic E-state index is 13.9. The molecule has 0 bridgehead atoms. The summed E-state index contributed by atoms with van der Waals surface area (Å²) in [4.78, 5) is 38.7. The van der Waals surface area contributed by atoms with Crippen LogP contribution in [0.5, 0.6) is 0 Å². The molecule has 10 nitrogen and oxygen atoms in total. The zero-order chi connectivity index (χ0) is 29.4. The first-order chi connectivity index (χ1) is 18.9. The van der Waals surface area contributed by atoms with E-state index in [0.717, 1.165) is 16.4 Å². The Kier molecular flexibility index (Phi) is 9.94. The number of benzene rings is 3. The number of amides is 2. The highest BCUT2D eigenvalue weighted by Gasteiger charge is 2.34. The van der Waals surface area contributed by atoms with Crippen LogP contribution in [-0.4, -0.2) is 48.7 Å². The van der Waals surface area contributed by atoms with Crippen LogP contribution in [0, 0.1) is 15.9 Å². The molecule has 0 heterocycles. The fourth-order valence-corrected chi connectivity index (χ4v) is 5.51. The zero-order valence-electron chi connectivity index (χ0n) is 22.4. The Hall–Kier alpha value is -4.32. The average molecular weight is 571 g/mol. The highest BCUT2D eigenvalue weighted by Crippen LogP contribution is 2.26. The second-order valence-electron chi connectivity index (χ2n) is 9.33. The maximum absolute atomic E-state index is 13.9. The van der Waals surface area contributed by atoms with Crippen LogP contribution in [0.15, 0.2) is 83.8 Å². The van der Waals surface area contributed by atoms with Gasteiger partial charge in [0, 0.05) is 24.7 Å². The molecule has 3 rings (SSSR count). The van der Waals surface area contributed by atoms with E-state index in [2.05, 4.69) is 5.32 Å². The van der Waals surface area contributed by atoms with Gasteiger partial charge in [0.15, 0.2) is 0 Å². The van der Waals surface area contributed by atoms with Gasteiger partial charge in [-0.3, -0.25) is 24.0 Å². The minimum absolute atomic E-state index is 0.0317. The molecule has 0 spiro atoms. The quantitative estimate of drug-likeness (QED) is 0.256. The molecule has 3 aromatic carbocycles. The Balaban J connectivity index is 2.06. The molecule has 0 saturated carbocycles. The van der Waals surface area contributed by atoms with Crippen LogP contribution in [0.1, 0.15) is 32.8 Å². The molecule has 40 heavy (non-hydrogen) atoms. The summed E-state index contributed by atoms with van der Waals surface area (Å²) < 4.78 is 41.9. The highest BCUT2D eigenvalue weighted by molar-refractivity contribution is 7.92. The van der Waals surface area contributed by atoms with Crippen LogP contribution < -0.4 is 9.62 Å². The summed E-state index contributed by atoms with van der Waals surface area (Å²) in [6.07, 6.45) is 0.231. The maximum Gasteiger partial charge on any atom is 0.269 e. The smallest absolute Gasteiger partial charge is 0.269 e. The largest absolute Gasteiger partial charge is 0.352 e. The second kappa shape index (κ2) is 13.2. The summed E-state index contributed by atoms with van der Waals surface area (Å²) in [5, 5.41) is 14.0. The van der Waals surface area contributed by atoms with Gasteiger partial charge in [-0.05, 0) is 62.2 Å². The summed E-state index contributed by atoms with van der Waals surface area (Å²) in [7, 11) is -4.30. The topological polar surface area (TPSA) is 130 Å².